The molecule has 1 rings (SSSR count). The lowest BCUT2D eigenvalue weighted by atomic mass is 10.2. The second-order valence-corrected chi connectivity index (χ2v) is 4.10. The molecule has 0 atom stereocenters. The summed E-state index contributed by atoms with van der Waals surface area (Å²) in [6, 6.07) is 7.15. The second kappa shape index (κ2) is 7.13. The molecule has 0 heterocycles. The highest BCUT2D eigenvalue weighted by Gasteiger charge is 2.16. The maximum absolute atomic E-state index is 11.8. The van der Waals surface area contributed by atoms with Crippen LogP contribution in [-0.4, -0.2) is 16.9 Å². The highest BCUT2D eigenvalue weighted by molar-refractivity contribution is 6.40. The lowest BCUT2D eigenvalue weighted by Crippen LogP contribution is -2.35. The number of amides is 2. The van der Waals surface area contributed by atoms with E-state index in [0.717, 1.165) is 5.56 Å². The Morgan fingerprint density at radius 2 is 1.75 bits per heavy atom. The number of benzene rings is 1. The van der Waals surface area contributed by atoms with Gasteiger partial charge in [0.25, 0.3) is 0 Å². The van der Waals surface area contributed by atoms with Crippen LogP contribution < -0.4 is 10.6 Å². The van der Waals surface area contributed by atoms with E-state index in [9.17, 15) is 14.7 Å². The number of nitrogens with one attached hydrogen (secondary N) is 2. The van der Waals surface area contributed by atoms with E-state index in [1.54, 1.807) is 26.0 Å². The molecule has 0 aliphatic rings. The lowest BCUT2D eigenvalue weighted by Gasteiger charge is -2.10. The Morgan fingerprint density at radius 3 is 2.30 bits per heavy atom. The monoisotopic (exact) mass is 274 g/mol. The van der Waals surface area contributed by atoms with Crippen molar-refractivity contribution >= 4 is 17.5 Å². The van der Waals surface area contributed by atoms with Crippen LogP contribution in [0, 0.1) is 6.92 Å². The summed E-state index contributed by atoms with van der Waals surface area (Å²) in [5.41, 5.74) is 1.62. The van der Waals surface area contributed by atoms with Gasteiger partial charge in [-0.25, -0.2) is 0 Å². The summed E-state index contributed by atoms with van der Waals surface area (Å²) in [4.78, 5) is 23.5. The SMILES string of the molecule is C/C=C(O)\C(=C/C)NC(=O)C(=O)Nc1ccccc1C. The molecule has 0 aromatic heterocycles. The van der Waals surface area contributed by atoms with E-state index < -0.39 is 11.8 Å². The molecule has 5 heteroatoms. The van der Waals surface area contributed by atoms with Gasteiger partial charge in [0.15, 0.2) is 0 Å². The molecule has 1 aromatic carbocycles. The Labute approximate surface area is 118 Å². The summed E-state index contributed by atoms with van der Waals surface area (Å²) in [5.74, 6) is -1.72. The van der Waals surface area contributed by atoms with Crippen LogP contribution in [-0.2, 0) is 9.59 Å². The molecule has 5 nitrogen and oxygen atoms in total. The van der Waals surface area contributed by atoms with Crippen LogP contribution >= 0.6 is 0 Å². The minimum atomic E-state index is -0.838. The highest BCUT2D eigenvalue weighted by atomic mass is 16.3. The highest BCUT2D eigenvalue weighted by Crippen LogP contribution is 2.12. The summed E-state index contributed by atoms with van der Waals surface area (Å²) in [6.07, 6.45) is 2.93. The van der Waals surface area contributed by atoms with Gasteiger partial charge in [-0.05, 0) is 38.5 Å². The summed E-state index contributed by atoms with van der Waals surface area (Å²) in [6.45, 7) is 5.10. The molecule has 0 radical (unpaired) electrons. The van der Waals surface area contributed by atoms with Crippen molar-refractivity contribution in [2.75, 3.05) is 5.32 Å². The molecule has 0 unspecified atom stereocenters. The van der Waals surface area contributed by atoms with E-state index in [-0.39, 0.29) is 11.5 Å². The van der Waals surface area contributed by atoms with Gasteiger partial charge in [-0.15, -0.1) is 0 Å². The van der Waals surface area contributed by atoms with Crippen molar-refractivity contribution in [2.45, 2.75) is 20.8 Å². The number of rotatable bonds is 3. The molecule has 0 saturated heterocycles. The van der Waals surface area contributed by atoms with E-state index >= 15 is 0 Å². The second-order valence-electron chi connectivity index (χ2n) is 4.10. The van der Waals surface area contributed by atoms with Crippen LogP contribution in [0.4, 0.5) is 5.69 Å². The third kappa shape index (κ3) is 3.98. The van der Waals surface area contributed by atoms with Gasteiger partial charge in [-0.1, -0.05) is 24.3 Å². The average molecular weight is 274 g/mol. The number of para-hydroxylation sites is 1. The molecule has 0 aliphatic carbocycles. The van der Waals surface area contributed by atoms with E-state index in [1.165, 1.54) is 12.2 Å². The Hall–Kier alpha value is -2.56. The Balaban J connectivity index is 2.74. The molecule has 0 aliphatic heterocycles. The zero-order valence-electron chi connectivity index (χ0n) is 11.7. The van der Waals surface area contributed by atoms with Gasteiger partial charge in [0.05, 0.1) is 5.70 Å². The number of hydrogen-bond donors (Lipinski definition) is 3. The summed E-state index contributed by atoms with van der Waals surface area (Å²) < 4.78 is 0. The maximum Gasteiger partial charge on any atom is 0.314 e. The van der Waals surface area contributed by atoms with Gasteiger partial charge in [0.1, 0.15) is 5.76 Å². The third-order valence-corrected chi connectivity index (χ3v) is 2.69. The number of aryl methyl sites for hydroxylation is 1. The van der Waals surface area contributed by atoms with Gasteiger partial charge < -0.3 is 15.7 Å². The topological polar surface area (TPSA) is 78.4 Å². The van der Waals surface area contributed by atoms with Crippen molar-refractivity contribution < 1.29 is 14.7 Å². The summed E-state index contributed by atoms with van der Waals surface area (Å²) >= 11 is 0. The lowest BCUT2D eigenvalue weighted by molar-refractivity contribution is -0.135. The summed E-state index contributed by atoms with van der Waals surface area (Å²) in [5, 5.41) is 14.4. The van der Waals surface area contributed by atoms with Crippen molar-refractivity contribution in [2.24, 2.45) is 0 Å². The minimum absolute atomic E-state index is 0.0930. The van der Waals surface area contributed by atoms with Gasteiger partial charge in [-0.3, -0.25) is 9.59 Å². The predicted molar refractivity (Wildman–Crippen MR) is 78.1 cm³/mol. The number of aliphatic hydroxyl groups is 1. The maximum atomic E-state index is 11.8. The number of carbonyl (C=O) groups is 2. The Kier molecular flexibility index (Phi) is 5.53. The van der Waals surface area contributed by atoms with Crippen molar-refractivity contribution in [3.05, 3.63) is 53.4 Å². The Morgan fingerprint density at radius 1 is 1.10 bits per heavy atom. The molecule has 3 N–H and O–H groups in total. The number of aliphatic hydroxyl groups excluding tert-OH is 1. The molecular formula is C15H18N2O3. The van der Waals surface area contributed by atoms with Crippen LogP contribution in [0.2, 0.25) is 0 Å². The predicted octanol–water partition coefficient (Wildman–Crippen LogP) is 2.42. The van der Waals surface area contributed by atoms with Crippen molar-refractivity contribution in [1.29, 1.82) is 0 Å². The molecule has 1 aromatic rings. The minimum Gasteiger partial charge on any atom is -0.506 e. The standard InChI is InChI=1S/C15H18N2O3/c1-4-11(13(18)5-2)16-14(19)15(20)17-12-9-7-6-8-10(12)3/h4-9,18H,1-3H3,(H,16,19)(H,17,20)/b11-4+,13-5+. The zero-order valence-corrected chi connectivity index (χ0v) is 11.7. The normalized spacial score (nSPS) is 11.9. The number of hydrogen-bond acceptors (Lipinski definition) is 3. The van der Waals surface area contributed by atoms with Crippen LogP contribution in [0.1, 0.15) is 19.4 Å². The molecule has 0 spiro atoms. The number of carbonyl (C=O) groups excluding carboxylic acids is 2. The van der Waals surface area contributed by atoms with E-state index in [2.05, 4.69) is 10.6 Å². The first-order valence-electron chi connectivity index (χ1n) is 6.19. The third-order valence-electron chi connectivity index (χ3n) is 2.69. The van der Waals surface area contributed by atoms with Crippen molar-refractivity contribution in [3.63, 3.8) is 0 Å². The van der Waals surface area contributed by atoms with Crippen LogP contribution in [0.3, 0.4) is 0 Å². The van der Waals surface area contributed by atoms with Crippen LogP contribution in [0.25, 0.3) is 0 Å². The average Bonchev–Trinajstić information content (AvgIpc) is 2.45. The first-order valence-corrected chi connectivity index (χ1v) is 6.19. The van der Waals surface area contributed by atoms with Gasteiger partial charge in [0.2, 0.25) is 0 Å². The fourth-order valence-electron chi connectivity index (χ4n) is 1.51. The van der Waals surface area contributed by atoms with Gasteiger partial charge in [-0.2, -0.15) is 0 Å². The molecule has 0 saturated carbocycles. The zero-order chi connectivity index (χ0) is 15.1. The van der Waals surface area contributed by atoms with Crippen molar-refractivity contribution in [3.8, 4) is 0 Å². The molecule has 2 amide bonds. The number of anilines is 1. The van der Waals surface area contributed by atoms with Crippen molar-refractivity contribution in [1.82, 2.24) is 5.32 Å². The fourth-order valence-corrected chi connectivity index (χ4v) is 1.51. The Bertz CT molecular complexity index is 574. The molecule has 20 heavy (non-hydrogen) atoms. The van der Waals surface area contributed by atoms with E-state index in [4.69, 9.17) is 0 Å². The molecule has 0 bridgehead atoms. The smallest absolute Gasteiger partial charge is 0.314 e. The number of allylic oxidation sites excluding steroid dienone is 2. The summed E-state index contributed by atoms with van der Waals surface area (Å²) in [7, 11) is 0. The van der Waals surface area contributed by atoms with Crippen LogP contribution in [0.5, 0.6) is 0 Å². The van der Waals surface area contributed by atoms with E-state index in [0.29, 0.717) is 5.69 Å². The van der Waals surface area contributed by atoms with Gasteiger partial charge in [0, 0.05) is 5.69 Å². The molecule has 106 valence electrons. The van der Waals surface area contributed by atoms with Gasteiger partial charge >= 0.3 is 11.8 Å². The fraction of sp³-hybridized carbons (Fsp3) is 0.200. The first-order chi connectivity index (χ1) is 9.49. The first kappa shape index (κ1) is 15.5. The quantitative estimate of drug-likeness (QED) is 0.450. The molecular weight excluding hydrogens is 256 g/mol. The largest absolute Gasteiger partial charge is 0.506 e. The van der Waals surface area contributed by atoms with E-state index in [1.807, 2.05) is 19.1 Å². The van der Waals surface area contributed by atoms with Crippen LogP contribution in [0.15, 0.2) is 47.9 Å². The molecule has 0 fully saturated rings.